The molecule has 0 amide bonds. The van der Waals surface area contributed by atoms with E-state index in [1.807, 2.05) is 0 Å². The van der Waals surface area contributed by atoms with Gasteiger partial charge in [0.25, 0.3) is 0 Å². The Kier molecular flexibility index (Phi) is 2.00. The fourth-order valence-corrected chi connectivity index (χ4v) is 0.764. The number of hydrogen-bond donors (Lipinski definition) is 0. The van der Waals surface area contributed by atoms with E-state index in [0.717, 1.165) is 12.3 Å². The van der Waals surface area contributed by atoms with Gasteiger partial charge >= 0.3 is 5.82 Å². The summed E-state index contributed by atoms with van der Waals surface area (Å²) < 4.78 is 12.2. The Labute approximate surface area is 65.8 Å². The standard InChI is InChI=1S/C5H2ClFN2O2/c6-4-1-3(7)2-8-5(4)9(10)11/h1-2H. The van der Waals surface area contributed by atoms with Crippen LogP contribution < -0.4 is 0 Å². The van der Waals surface area contributed by atoms with Gasteiger partial charge in [-0.1, -0.05) is 11.6 Å². The van der Waals surface area contributed by atoms with Crippen LogP contribution in [0.25, 0.3) is 0 Å². The van der Waals surface area contributed by atoms with E-state index in [2.05, 4.69) is 4.98 Å². The maximum absolute atomic E-state index is 12.2. The van der Waals surface area contributed by atoms with E-state index in [1.165, 1.54) is 0 Å². The van der Waals surface area contributed by atoms with Gasteiger partial charge in [0.1, 0.15) is 5.02 Å². The van der Waals surface area contributed by atoms with Gasteiger partial charge in [-0.25, -0.2) is 4.39 Å². The zero-order chi connectivity index (χ0) is 8.43. The van der Waals surface area contributed by atoms with Crippen molar-refractivity contribution in [3.63, 3.8) is 0 Å². The van der Waals surface area contributed by atoms with Crippen molar-refractivity contribution in [1.82, 2.24) is 4.98 Å². The molecule has 1 aromatic rings. The number of halogens is 2. The first-order valence-electron chi connectivity index (χ1n) is 2.56. The number of hydrogen-bond acceptors (Lipinski definition) is 3. The molecule has 0 aliphatic heterocycles. The summed E-state index contributed by atoms with van der Waals surface area (Å²) in [6.07, 6.45) is 0.740. The topological polar surface area (TPSA) is 56.0 Å². The van der Waals surface area contributed by atoms with Crippen LogP contribution in [0.2, 0.25) is 5.02 Å². The van der Waals surface area contributed by atoms with Crippen molar-refractivity contribution < 1.29 is 9.31 Å². The molecular formula is C5H2ClFN2O2. The normalized spacial score (nSPS) is 9.64. The highest BCUT2D eigenvalue weighted by Crippen LogP contribution is 2.20. The lowest BCUT2D eigenvalue weighted by Crippen LogP contribution is -1.93. The summed E-state index contributed by atoms with van der Waals surface area (Å²) in [6.45, 7) is 0. The Morgan fingerprint density at radius 1 is 1.73 bits per heavy atom. The van der Waals surface area contributed by atoms with Gasteiger partial charge in [0.15, 0.2) is 12.0 Å². The van der Waals surface area contributed by atoms with Crippen molar-refractivity contribution in [1.29, 1.82) is 0 Å². The molecule has 0 spiro atoms. The van der Waals surface area contributed by atoms with Crippen LogP contribution in [-0.2, 0) is 0 Å². The molecule has 0 radical (unpaired) electrons. The van der Waals surface area contributed by atoms with E-state index in [4.69, 9.17) is 11.6 Å². The second-order valence-corrected chi connectivity index (χ2v) is 2.12. The molecule has 1 aromatic heterocycles. The predicted octanol–water partition coefficient (Wildman–Crippen LogP) is 1.78. The Hall–Kier alpha value is -1.23. The smallest absolute Gasteiger partial charge is 0.358 e. The van der Waals surface area contributed by atoms with Gasteiger partial charge < -0.3 is 10.1 Å². The lowest BCUT2D eigenvalue weighted by Gasteiger charge is -1.92. The van der Waals surface area contributed by atoms with Crippen molar-refractivity contribution in [3.05, 3.63) is 33.2 Å². The summed E-state index contributed by atoms with van der Waals surface area (Å²) in [6, 6.07) is 0.840. The molecule has 1 heterocycles. The molecule has 6 heteroatoms. The van der Waals surface area contributed by atoms with E-state index in [0.29, 0.717) is 0 Å². The number of nitro groups is 1. The SMILES string of the molecule is O=[N+]([O-])c1ncc(F)cc1Cl. The van der Waals surface area contributed by atoms with E-state index >= 15 is 0 Å². The van der Waals surface area contributed by atoms with Crippen molar-refractivity contribution in [3.8, 4) is 0 Å². The van der Waals surface area contributed by atoms with Crippen molar-refractivity contribution >= 4 is 17.4 Å². The number of rotatable bonds is 1. The van der Waals surface area contributed by atoms with Crippen LogP contribution in [0.4, 0.5) is 10.2 Å². The molecule has 0 unspecified atom stereocenters. The maximum atomic E-state index is 12.2. The quantitative estimate of drug-likeness (QED) is 0.484. The minimum atomic E-state index is -0.776. The molecule has 0 atom stereocenters. The molecule has 58 valence electrons. The van der Waals surface area contributed by atoms with Gasteiger partial charge in [-0.2, -0.15) is 0 Å². The van der Waals surface area contributed by atoms with Crippen LogP contribution in [0.1, 0.15) is 0 Å². The Balaban J connectivity index is 3.20. The average molecular weight is 177 g/mol. The molecule has 11 heavy (non-hydrogen) atoms. The minimum Gasteiger partial charge on any atom is -0.358 e. The van der Waals surface area contributed by atoms with Gasteiger partial charge in [0.2, 0.25) is 0 Å². The zero-order valence-corrected chi connectivity index (χ0v) is 5.88. The molecule has 0 saturated carbocycles. The van der Waals surface area contributed by atoms with Crippen LogP contribution in [0, 0.1) is 15.9 Å². The lowest BCUT2D eigenvalue weighted by atomic mass is 10.4. The van der Waals surface area contributed by atoms with E-state index < -0.39 is 16.6 Å². The van der Waals surface area contributed by atoms with Crippen LogP contribution in [0.5, 0.6) is 0 Å². The zero-order valence-electron chi connectivity index (χ0n) is 5.12. The number of nitrogens with zero attached hydrogens (tertiary/aromatic N) is 2. The van der Waals surface area contributed by atoms with Crippen molar-refractivity contribution in [2.45, 2.75) is 0 Å². The third-order valence-corrected chi connectivity index (χ3v) is 1.24. The van der Waals surface area contributed by atoms with Crippen LogP contribution in [-0.4, -0.2) is 9.91 Å². The molecule has 0 aromatic carbocycles. The summed E-state index contributed by atoms with van der Waals surface area (Å²) in [5, 5.41) is 9.77. The predicted molar refractivity (Wildman–Crippen MR) is 35.9 cm³/mol. The van der Waals surface area contributed by atoms with Gasteiger partial charge in [-0.15, -0.1) is 0 Å². The summed E-state index contributed by atoms with van der Waals surface area (Å²) in [5.41, 5.74) is 0. The monoisotopic (exact) mass is 176 g/mol. The van der Waals surface area contributed by atoms with Crippen LogP contribution in [0.15, 0.2) is 12.3 Å². The molecule has 0 aliphatic carbocycles. The summed E-state index contributed by atoms with van der Waals surface area (Å²) in [4.78, 5) is 12.5. The highest BCUT2D eigenvalue weighted by atomic mass is 35.5. The fraction of sp³-hybridized carbons (Fsp3) is 0. The lowest BCUT2D eigenvalue weighted by molar-refractivity contribution is -0.389. The highest BCUT2D eigenvalue weighted by molar-refractivity contribution is 6.32. The van der Waals surface area contributed by atoms with Gasteiger partial charge in [-0.3, -0.25) is 0 Å². The Morgan fingerprint density at radius 3 is 2.82 bits per heavy atom. The van der Waals surface area contributed by atoms with Gasteiger partial charge in [0.05, 0.1) is 0 Å². The van der Waals surface area contributed by atoms with Crippen LogP contribution in [0.3, 0.4) is 0 Å². The Morgan fingerprint density at radius 2 is 2.36 bits per heavy atom. The third-order valence-electron chi connectivity index (χ3n) is 0.961. The van der Waals surface area contributed by atoms with Crippen molar-refractivity contribution in [2.24, 2.45) is 0 Å². The van der Waals surface area contributed by atoms with Crippen molar-refractivity contribution in [2.75, 3.05) is 0 Å². The molecule has 4 nitrogen and oxygen atoms in total. The summed E-state index contributed by atoms with van der Waals surface area (Å²) in [5.74, 6) is -1.23. The maximum Gasteiger partial charge on any atom is 0.382 e. The summed E-state index contributed by atoms with van der Waals surface area (Å²) in [7, 11) is 0. The Bertz CT molecular complexity index is 305. The number of aromatic nitrogens is 1. The largest absolute Gasteiger partial charge is 0.382 e. The minimum absolute atomic E-state index is 0.296. The first-order valence-corrected chi connectivity index (χ1v) is 2.94. The third kappa shape index (κ3) is 1.62. The average Bonchev–Trinajstić information content (AvgIpc) is 1.85. The molecule has 0 saturated heterocycles. The molecular weight excluding hydrogens is 175 g/mol. The first-order chi connectivity index (χ1) is 5.11. The van der Waals surface area contributed by atoms with E-state index in [9.17, 15) is 14.5 Å². The van der Waals surface area contributed by atoms with Crippen LogP contribution >= 0.6 is 11.6 Å². The first kappa shape index (κ1) is 7.87. The number of pyridine rings is 1. The molecule has 1 rings (SSSR count). The molecule has 0 aliphatic rings. The van der Waals surface area contributed by atoms with E-state index in [-0.39, 0.29) is 5.02 Å². The molecule has 0 fully saturated rings. The fourth-order valence-electron chi connectivity index (χ4n) is 0.542. The summed E-state index contributed by atoms with van der Waals surface area (Å²) >= 11 is 5.28. The molecule has 0 bridgehead atoms. The second-order valence-electron chi connectivity index (χ2n) is 1.72. The van der Waals surface area contributed by atoms with Gasteiger partial charge in [0, 0.05) is 6.07 Å². The van der Waals surface area contributed by atoms with E-state index in [1.54, 1.807) is 0 Å². The molecule has 0 N–H and O–H groups in total. The highest BCUT2D eigenvalue weighted by Gasteiger charge is 2.13. The second kappa shape index (κ2) is 2.79. The van der Waals surface area contributed by atoms with Gasteiger partial charge in [-0.05, 0) is 9.91 Å².